The highest BCUT2D eigenvalue weighted by molar-refractivity contribution is 5.79. The van der Waals surface area contributed by atoms with Gasteiger partial charge in [-0.2, -0.15) is 0 Å². The molecule has 1 atom stereocenters. The zero-order chi connectivity index (χ0) is 16.7. The van der Waals surface area contributed by atoms with Gasteiger partial charge in [0, 0.05) is 13.1 Å². The number of rotatable bonds is 8. The molecular formula is C18H28N2O3. The Labute approximate surface area is 138 Å². The maximum absolute atomic E-state index is 12.0. The van der Waals surface area contributed by atoms with E-state index < -0.39 is 0 Å². The predicted molar refractivity (Wildman–Crippen MR) is 90.8 cm³/mol. The van der Waals surface area contributed by atoms with E-state index in [4.69, 9.17) is 9.47 Å². The Morgan fingerprint density at radius 2 is 2.22 bits per heavy atom. The number of hydrogen-bond donors (Lipinski definition) is 2. The van der Waals surface area contributed by atoms with Crippen LogP contribution < -0.4 is 20.1 Å². The van der Waals surface area contributed by atoms with Gasteiger partial charge in [-0.1, -0.05) is 19.9 Å². The predicted octanol–water partition coefficient (Wildman–Crippen LogP) is 2.35. The third kappa shape index (κ3) is 5.43. The fraction of sp³-hybridized carbons (Fsp3) is 0.611. The zero-order valence-electron chi connectivity index (χ0n) is 14.4. The van der Waals surface area contributed by atoms with Crippen molar-refractivity contribution in [3.63, 3.8) is 0 Å². The van der Waals surface area contributed by atoms with Crippen molar-refractivity contribution in [1.82, 2.24) is 10.6 Å². The summed E-state index contributed by atoms with van der Waals surface area (Å²) in [5, 5.41) is 6.20. The molecule has 1 aromatic carbocycles. The monoisotopic (exact) mass is 320 g/mol. The van der Waals surface area contributed by atoms with Crippen molar-refractivity contribution < 1.29 is 14.3 Å². The quantitative estimate of drug-likeness (QED) is 0.772. The van der Waals surface area contributed by atoms with Gasteiger partial charge in [0.05, 0.1) is 19.6 Å². The summed E-state index contributed by atoms with van der Waals surface area (Å²) >= 11 is 0. The van der Waals surface area contributed by atoms with Gasteiger partial charge < -0.3 is 20.1 Å². The van der Waals surface area contributed by atoms with Crippen molar-refractivity contribution in [2.24, 2.45) is 11.8 Å². The third-order valence-electron chi connectivity index (χ3n) is 4.08. The Balaban J connectivity index is 1.88. The van der Waals surface area contributed by atoms with E-state index in [1.165, 1.54) is 0 Å². The van der Waals surface area contributed by atoms with Gasteiger partial charge in [0.2, 0.25) is 5.91 Å². The van der Waals surface area contributed by atoms with E-state index in [-0.39, 0.29) is 11.8 Å². The minimum absolute atomic E-state index is 0.0931. The molecule has 2 rings (SSSR count). The van der Waals surface area contributed by atoms with E-state index in [0.29, 0.717) is 24.8 Å². The largest absolute Gasteiger partial charge is 0.493 e. The van der Waals surface area contributed by atoms with Gasteiger partial charge in [0.15, 0.2) is 11.5 Å². The zero-order valence-corrected chi connectivity index (χ0v) is 14.4. The molecule has 0 saturated carbocycles. The van der Waals surface area contributed by atoms with Crippen molar-refractivity contribution in [3.05, 3.63) is 23.8 Å². The maximum atomic E-state index is 12.0. The molecule has 1 heterocycles. The molecule has 0 aromatic heterocycles. The number of nitrogens with one attached hydrogen (secondary N) is 2. The van der Waals surface area contributed by atoms with Gasteiger partial charge in [0.1, 0.15) is 0 Å². The summed E-state index contributed by atoms with van der Waals surface area (Å²) in [6.45, 7) is 7.24. The van der Waals surface area contributed by atoms with E-state index in [2.05, 4.69) is 24.5 Å². The third-order valence-corrected chi connectivity index (χ3v) is 4.08. The summed E-state index contributed by atoms with van der Waals surface area (Å²) < 4.78 is 11.2. The lowest BCUT2D eigenvalue weighted by molar-refractivity contribution is -0.124. The van der Waals surface area contributed by atoms with Crippen LogP contribution in [0.3, 0.4) is 0 Å². The molecule has 0 spiro atoms. The summed E-state index contributed by atoms with van der Waals surface area (Å²) in [6, 6.07) is 5.82. The van der Waals surface area contributed by atoms with Crippen molar-refractivity contribution in [3.8, 4) is 11.5 Å². The molecule has 128 valence electrons. The summed E-state index contributed by atoms with van der Waals surface area (Å²) in [5.74, 6) is 2.29. The molecule has 1 aromatic rings. The Hall–Kier alpha value is -1.75. The van der Waals surface area contributed by atoms with Crippen molar-refractivity contribution in [2.75, 3.05) is 26.8 Å². The lowest BCUT2D eigenvalue weighted by Crippen LogP contribution is -2.31. The Morgan fingerprint density at radius 3 is 2.87 bits per heavy atom. The highest BCUT2D eigenvalue weighted by Gasteiger charge is 2.21. The molecule has 1 aliphatic heterocycles. The highest BCUT2D eigenvalue weighted by atomic mass is 16.5. The number of hydrogen-bond acceptors (Lipinski definition) is 4. The number of ether oxygens (including phenoxy) is 2. The number of benzene rings is 1. The molecule has 1 unspecified atom stereocenters. The normalized spacial score (nSPS) is 17.3. The van der Waals surface area contributed by atoms with Crippen LogP contribution in [0.2, 0.25) is 0 Å². The molecule has 0 bridgehead atoms. The summed E-state index contributed by atoms with van der Waals surface area (Å²) in [6.07, 6.45) is 1.92. The fourth-order valence-corrected chi connectivity index (χ4v) is 2.56. The number of carbonyl (C=O) groups excluding carboxylic acids is 1. The van der Waals surface area contributed by atoms with Crippen molar-refractivity contribution in [1.29, 1.82) is 0 Å². The van der Waals surface area contributed by atoms with Crippen LogP contribution in [0.4, 0.5) is 0 Å². The lowest BCUT2D eigenvalue weighted by Gasteiger charge is -2.14. The molecule has 1 aliphatic rings. The average Bonchev–Trinajstić information content (AvgIpc) is 3.07. The molecule has 1 amide bonds. The topological polar surface area (TPSA) is 59.6 Å². The second-order valence-electron chi connectivity index (χ2n) is 6.42. The Morgan fingerprint density at radius 1 is 1.39 bits per heavy atom. The van der Waals surface area contributed by atoms with Gasteiger partial charge in [-0.15, -0.1) is 0 Å². The van der Waals surface area contributed by atoms with Crippen molar-refractivity contribution in [2.45, 2.75) is 33.2 Å². The molecule has 1 saturated heterocycles. The summed E-state index contributed by atoms with van der Waals surface area (Å²) in [7, 11) is 1.64. The Kier molecular flexibility index (Phi) is 6.71. The number of amides is 1. The second-order valence-corrected chi connectivity index (χ2v) is 6.42. The van der Waals surface area contributed by atoms with E-state index in [1.807, 2.05) is 18.2 Å². The van der Waals surface area contributed by atoms with Crippen LogP contribution in [-0.2, 0) is 11.3 Å². The molecule has 5 nitrogen and oxygen atoms in total. The first-order valence-electron chi connectivity index (χ1n) is 8.38. The van der Waals surface area contributed by atoms with Crippen LogP contribution in [0, 0.1) is 11.8 Å². The van der Waals surface area contributed by atoms with Crippen LogP contribution in [0.15, 0.2) is 18.2 Å². The van der Waals surface area contributed by atoms with E-state index in [1.54, 1.807) is 7.11 Å². The standard InChI is InChI=1S/C18H28N2O3/c1-13(2)7-9-23-16-5-4-14(10-17(16)22-3)11-20-18(21)15-6-8-19-12-15/h4-5,10,13,15,19H,6-9,11-12H2,1-3H3,(H,20,21). The van der Waals surface area contributed by atoms with Gasteiger partial charge in [-0.25, -0.2) is 0 Å². The van der Waals surface area contributed by atoms with Crippen LogP contribution in [0.25, 0.3) is 0 Å². The van der Waals surface area contributed by atoms with Gasteiger partial charge in [-0.05, 0) is 43.0 Å². The number of methoxy groups -OCH3 is 1. The Bertz CT molecular complexity index is 511. The summed E-state index contributed by atoms with van der Waals surface area (Å²) in [5.41, 5.74) is 1.01. The van der Waals surface area contributed by atoms with Crippen LogP contribution >= 0.6 is 0 Å². The SMILES string of the molecule is COc1cc(CNC(=O)C2CCNC2)ccc1OCCC(C)C. The second kappa shape index (κ2) is 8.77. The first-order chi connectivity index (χ1) is 11.1. The van der Waals surface area contributed by atoms with E-state index in [0.717, 1.165) is 37.2 Å². The lowest BCUT2D eigenvalue weighted by atomic mass is 10.1. The van der Waals surface area contributed by atoms with Crippen molar-refractivity contribution >= 4 is 5.91 Å². The summed E-state index contributed by atoms with van der Waals surface area (Å²) in [4.78, 5) is 12.0. The first kappa shape index (κ1) is 17.6. The first-order valence-corrected chi connectivity index (χ1v) is 8.38. The molecule has 23 heavy (non-hydrogen) atoms. The van der Waals surface area contributed by atoms with Gasteiger partial charge in [-0.3, -0.25) is 4.79 Å². The maximum Gasteiger partial charge on any atom is 0.224 e. The minimum atomic E-state index is 0.0931. The average molecular weight is 320 g/mol. The van der Waals surface area contributed by atoms with Crippen LogP contribution in [0.5, 0.6) is 11.5 Å². The molecule has 2 N–H and O–H groups in total. The molecule has 5 heteroatoms. The number of carbonyl (C=O) groups is 1. The van der Waals surface area contributed by atoms with Gasteiger partial charge in [0.25, 0.3) is 0 Å². The van der Waals surface area contributed by atoms with E-state index in [9.17, 15) is 4.79 Å². The molecule has 0 aliphatic carbocycles. The van der Waals surface area contributed by atoms with Gasteiger partial charge >= 0.3 is 0 Å². The minimum Gasteiger partial charge on any atom is -0.493 e. The smallest absolute Gasteiger partial charge is 0.224 e. The van der Waals surface area contributed by atoms with E-state index >= 15 is 0 Å². The fourth-order valence-electron chi connectivity index (χ4n) is 2.56. The van der Waals surface area contributed by atoms with Crippen LogP contribution in [0.1, 0.15) is 32.3 Å². The highest BCUT2D eigenvalue weighted by Crippen LogP contribution is 2.28. The molecule has 1 fully saturated rings. The molecular weight excluding hydrogens is 292 g/mol. The van der Waals surface area contributed by atoms with Crippen LogP contribution in [-0.4, -0.2) is 32.7 Å². The molecule has 0 radical (unpaired) electrons.